The van der Waals surface area contributed by atoms with Gasteiger partial charge < -0.3 is 5.73 Å². The molecule has 4 nitrogen and oxygen atoms in total. The minimum Gasteiger partial charge on any atom is -0.398 e. The lowest BCUT2D eigenvalue weighted by Gasteiger charge is -2.43. The number of nitriles is 3. The zero-order chi connectivity index (χ0) is 17.3. The van der Waals surface area contributed by atoms with Gasteiger partial charge in [-0.3, -0.25) is 0 Å². The smallest absolute Gasteiger partial charge is 0.187 e. The van der Waals surface area contributed by atoms with Gasteiger partial charge in [-0.15, -0.1) is 0 Å². The first-order valence-electron chi connectivity index (χ1n) is 7.78. The normalized spacial score (nSPS) is 24.8. The van der Waals surface area contributed by atoms with E-state index < -0.39 is 17.2 Å². The number of rotatable bonds is 1. The van der Waals surface area contributed by atoms with Crippen LogP contribution in [0.15, 0.2) is 47.2 Å². The molecule has 118 valence electrons. The summed E-state index contributed by atoms with van der Waals surface area (Å²) in [5, 5.41) is 29.2. The quantitative estimate of drug-likeness (QED) is 0.857. The third-order valence-corrected chi connectivity index (χ3v) is 5.03. The molecule has 1 aromatic rings. The molecule has 0 aliphatic heterocycles. The predicted molar refractivity (Wildman–Crippen MR) is 85.1 cm³/mol. The minimum absolute atomic E-state index is 0.0647. The van der Waals surface area contributed by atoms with Crippen LogP contribution in [0.3, 0.4) is 0 Å². The van der Waals surface area contributed by atoms with Crippen molar-refractivity contribution in [3.63, 3.8) is 0 Å². The molecule has 0 unspecified atom stereocenters. The summed E-state index contributed by atoms with van der Waals surface area (Å²) in [6.45, 7) is 0. The fourth-order valence-corrected chi connectivity index (χ4v) is 3.97. The summed E-state index contributed by atoms with van der Waals surface area (Å²) in [6.07, 6.45) is 4.35. The van der Waals surface area contributed by atoms with Gasteiger partial charge in [0.25, 0.3) is 0 Å². The van der Waals surface area contributed by atoms with Crippen LogP contribution in [0.2, 0.25) is 0 Å². The van der Waals surface area contributed by atoms with E-state index in [2.05, 4.69) is 0 Å². The first kappa shape index (κ1) is 15.8. The summed E-state index contributed by atoms with van der Waals surface area (Å²) >= 11 is 0. The Labute approximate surface area is 139 Å². The van der Waals surface area contributed by atoms with E-state index in [1.165, 1.54) is 6.07 Å². The SMILES string of the molecule is N#CC1=C(N)C2=CCCC[C@H]2[C@H](c2ccccc2F)C1(C#N)C#N. The second-order valence-electron chi connectivity index (χ2n) is 6.13. The van der Waals surface area contributed by atoms with Crippen molar-refractivity contribution in [1.29, 1.82) is 15.8 Å². The van der Waals surface area contributed by atoms with Gasteiger partial charge in [0.1, 0.15) is 5.82 Å². The second-order valence-corrected chi connectivity index (χ2v) is 6.13. The van der Waals surface area contributed by atoms with Crippen LogP contribution in [-0.4, -0.2) is 0 Å². The van der Waals surface area contributed by atoms with Crippen LogP contribution in [0.5, 0.6) is 0 Å². The molecule has 5 heteroatoms. The summed E-state index contributed by atoms with van der Waals surface area (Å²) in [5.41, 5.74) is 5.57. The number of fused-ring (bicyclic) bond motifs is 1. The summed E-state index contributed by atoms with van der Waals surface area (Å²) in [6, 6.07) is 12.1. The third kappa shape index (κ3) is 2.01. The highest BCUT2D eigenvalue weighted by molar-refractivity contribution is 5.59. The monoisotopic (exact) mass is 318 g/mol. The fourth-order valence-electron chi connectivity index (χ4n) is 3.97. The van der Waals surface area contributed by atoms with Gasteiger partial charge in [0.2, 0.25) is 0 Å². The lowest BCUT2D eigenvalue weighted by molar-refractivity contribution is 0.314. The number of allylic oxidation sites excluding steroid dienone is 3. The highest BCUT2D eigenvalue weighted by Crippen LogP contribution is 2.56. The average molecular weight is 318 g/mol. The largest absolute Gasteiger partial charge is 0.398 e. The molecule has 2 atom stereocenters. The number of halogens is 1. The Balaban J connectivity index is 2.37. The fraction of sp³-hybridized carbons (Fsp3) is 0.316. The molecule has 0 amide bonds. The van der Waals surface area contributed by atoms with Crippen LogP contribution < -0.4 is 5.73 Å². The molecule has 0 heterocycles. The van der Waals surface area contributed by atoms with Crippen LogP contribution in [0.4, 0.5) is 4.39 Å². The molecule has 0 bridgehead atoms. The van der Waals surface area contributed by atoms with Gasteiger partial charge in [-0.2, -0.15) is 15.8 Å². The standard InChI is InChI=1S/C19H15FN4/c20-16-8-4-3-7-14(16)17-12-5-1-2-6-13(12)18(24)15(9-21)19(17,10-22)11-23/h3-4,6-8,12,17H,1-2,5,24H2/t12-,17-/m1/s1. The molecular weight excluding hydrogens is 303 g/mol. The molecule has 0 saturated carbocycles. The molecule has 0 radical (unpaired) electrons. The van der Waals surface area contributed by atoms with E-state index in [1.54, 1.807) is 18.2 Å². The maximum atomic E-state index is 14.5. The number of benzene rings is 1. The molecule has 2 N–H and O–H groups in total. The Bertz CT molecular complexity index is 862. The van der Waals surface area contributed by atoms with Crippen molar-refractivity contribution in [3.05, 3.63) is 58.6 Å². The maximum Gasteiger partial charge on any atom is 0.187 e. The number of nitrogens with zero attached hydrogens (tertiary/aromatic N) is 3. The van der Waals surface area contributed by atoms with E-state index in [-0.39, 0.29) is 17.2 Å². The minimum atomic E-state index is -1.78. The van der Waals surface area contributed by atoms with E-state index in [4.69, 9.17) is 5.73 Å². The van der Waals surface area contributed by atoms with Crippen LogP contribution in [0.1, 0.15) is 30.7 Å². The summed E-state index contributed by atoms with van der Waals surface area (Å²) < 4.78 is 14.5. The first-order valence-corrected chi connectivity index (χ1v) is 7.78. The van der Waals surface area contributed by atoms with Gasteiger partial charge in [-0.05, 0) is 42.4 Å². The van der Waals surface area contributed by atoms with Crippen LogP contribution in [0, 0.1) is 51.1 Å². The van der Waals surface area contributed by atoms with Crippen LogP contribution >= 0.6 is 0 Å². The van der Waals surface area contributed by atoms with E-state index in [9.17, 15) is 20.2 Å². The molecular formula is C19H15FN4. The van der Waals surface area contributed by atoms with Gasteiger partial charge in [-0.1, -0.05) is 24.3 Å². The zero-order valence-corrected chi connectivity index (χ0v) is 13.0. The summed E-state index contributed by atoms with van der Waals surface area (Å²) in [7, 11) is 0. The van der Waals surface area contributed by atoms with Gasteiger partial charge in [0.05, 0.1) is 29.5 Å². The van der Waals surface area contributed by atoms with Crippen molar-refractivity contribution in [2.75, 3.05) is 0 Å². The van der Waals surface area contributed by atoms with Gasteiger partial charge in [-0.25, -0.2) is 4.39 Å². The van der Waals surface area contributed by atoms with Crippen molar-refractivity contribution in [3.8, 4) is 18.2 Å². The molecule has 0 aromatic heterocycles. The Kier molecular flexibility index (Phi) is 3.84. The van der Waals surface area contributed by atoms with E-state index in [0.29, 0.717) is 12.0 Å². The highest BCUT2D eigenvalue weighted by Gasteiger charge is 2.54. The molecule has 2 aliphatic rings. The van der Waals surface area contributed by atoms with Crippen molar-refractivity contribution < 1.29 is 4.39 Å². The average Bonchev–Trinajstić information content (AvgIpc) is 2.62. The molecule has 0 fully saturated rings. The highest BCUT2D eigenvalue weighted by atomic mass is 19.1. The Morgan fingerprint density at radius 2 is 1.88 bits per heavy atom. The molecule has 3 rings (SSSR count). The van der Waals surface area contributed by atoms with E-state index in [1.807, 2.05) is 24.3 Å². The van der Waals surface area contributed by atoms with Gasteiger partial charge in [0.15, 0.2) is 5.41 Å². The molecule has 1 aromatic carbocycles. The number of nitrogens with two attached hydrogens (primary N) is 1. The first-order chi connectivity index (χ1) is 11.6. The maximum absolute atomic E-state index is 14.5. The lowest BCUT2D eigenvalue weighted by atomic mass is 9.56. The van der Waals surface area contributed by atoms with Crippen molar-refractivity contribution in [1.82, 2.24) is 0 Å². The number of hydrogen-bond donors (Lipinski definition) is 1. The van der Waals surface area contributed by atoms with E-state index >= 15 is 0 Å². The topological polar surface area (TPSA) is 97.4 Å². The molecule has 0 saturated heterocycles. The van der Waals surface area contributed by atoms with Gasteiger partial charge in [0, 0.05) is 5.92 Å². The predicted octanol–water partition coefficient (Wildman–Crippen LogP) is 3.42. The van der Waals surface area contributed by atoms with Crippen LogP contribution in [0.25, 0.3) is 0 Å². The van der Waals surface area contributed by atoms with Gasteiger partial charge >= 0.3 is 0 Å². The van der Waals surface area contributed by atoms with Crippen molar-refractivity contribution in [2.45, 2.75) is 25.2 Å². The van der Waals surface area contributed by atoms with Crippen molar-refractivity contribution >= 4 is 0 Å². The van der Waals surface area contributed by atoms with E-state index in [0.717, 1.165) is 18.4 Å². The summed E-state index contributed by atoms with van der Waals surface area (Å²) in [5.74, 6) is -1.46. The van der Waals surface area contributed by atoms with Crippen molar-refractivity contribution in [2.24, 2.45) is 17.1 Å². The molecule has 0 spiro atoms. The second kappa shape index (κ2) is 5.84. The van der Waals surface area contributed by atoms with Crippen LogP contribution in [-0.2, 0) is 0 Å². The molecule has 24 heavy (non-hydrogen) atoms. The Morgan fingerprint density at radius 3 is 2.50 bits per heavy atom. The zero-order valence-electron chi connectivity index (χ0n) is 13.0. The Morgan fingerprint density at radius 1 is 1.17 bits per heavy atom. The number of hydrogen-bond acceptors (Lipinski definition) is 4. The molecule has 2 aliphatic carbocycles. The summed E-state index contributed by atoms with van der Waals surface area (Å²) in [4.78, 5) is 0. The third-order valence-electron chi connectivity index (χ3n) is 5.03. The Hall–Kier alpha value is -3.10. The lowest BCUT2D eigenvalue weighted by Crippen LogP contribution is -2.41.